The van der Waals surface area contributed by atoms with Crippen molar-refractivity contribution in [1.82, 2.24) is 0 Å². The molecule has 16 heavy (non-hydrogen) atoms. The van der Waals surface area contributed by atoms with Gasteiger partial charge in [-0.1, -0.05) is 6.92 Å². The van der Waals surface area contributed by atoms with Gasteiger partial charge in [-0.3, -0.25) is 19.5 Å². The number of Topliss-reactive ketones (excluding diaryl/α,β-unsaturated/α-hetero) is 1. The molecule has 0 radical (unpaired) electrons. The number of hydrogen-bond acceptors (Lipinski definition) is 5. The average Bonchev–Trinajstić information content (AvgIpc) is 2.08. The molecule has 0 saturated carbocycles. The lowest BCUT2D eigenvalue weighted by Crippen LogP contribution is -2.25. The van der Waals surface area contributed by atoms with E-state index in [1.54, 1.807) is 0 Å². The monoisotopic (exact) mass is 247 g/mol. The second kappa shape index (κ2) is 3.80. The lowest BCUT2D eigenvalue weighted by molar-refractivity contribution is -0.419. The number of rotatable bonds is 2. The zero-order chi connectivity index (χ0) is 12.7. The highest BCUT2D eigenvalue weighted by Gasteiger charge is 2.39. The fraction of sp³-hybridized carbons (Fsp3) is 0.375. The van der Waals surface area contributed by atoms with Gasteiger partial charge in [-0.2, -0.15) is 8.42 Å². The van der Waals surface area contributed by atoms with Gasteiger partial charge in [-0.15, -0.1) is 0 Å². The number of carbonyl (C=O) groups excluding carboxylic acids is 1. The number of nitrogens with zero attached hydrogens (tertiary/aromatic N) is 1. The highest BCUT2D eigenvalue weighted by molar-refractivity contribution is 7.91. The quantitative estimate of drug-likeness (QED) is 0.432. The Morgan fingerprint density at radius 3 is 2.38 bits per heavy atom. The lowest BCUT2D eigenvalue weighted by Gasteiger charge is -2.16. The largest absolute Gasteiger partial charge is 0.314 e. The van der Waals surface area contributed by atoms with E-state index in [1.165, 1.54) is 13.8 Å². The van der Waals surface area contributed by atoms with Crippen LogP contribution in [0.3, 0.4) is 0 Å². The third kappa shape index (κ3) is 2.02. The molecule has 8 heteroatoms. The predicted octanol–water partition coefficient (Wildman–Crippen LogP) is 0.528. The van der Waals surface area contributed by atoms with Gasteiger partial charge in [0.1, 0.15) is 4.91 Å². The second-order valence-electron chi connectivity index (χ2n) is 3.41. The van der Waals surface area contributed by atoms with Gasteiger partial charge in [-0.25, -0.2) is 0 Å². The van der Waals surface area contributed by atoms with Crippen molar-refractivity contribution in [2.45, 2.75) is 13.8 Å². The second-order valence-corrected chi connectivity index (χ2v) is 4.77. The van der Waals surface area contributed by atoms with E-state index in [9.17, 15) is 23.3 Å². The van der Waals surface area contributed by atoms with Crippen LogP contribution >= 0.6 is 0 Å². The Labute approximate surface area is 91.4 Å². The molecular formula is C8H9NO6S. The van der Waals surface area contributed by atoms with E-state index in [4.69, 9.17) is 4.55 Å². The minimum Gasteiger partial charge on any atom is -0.282 e. The number of nitro groups is 1. The molecule has 1 aliphatic carbocycles. The zero-order valence-electron chi connectivity index (χ0n) is 8.50. The van der Waals surface area contributed by atoms with Crippen LogP contribution in [0.5, 0.6) is 0 Å². The molecule has 0 amide bonds. The Morgan fingerprint density at radius 2 is 2.00 bits per heavy atom. The molecule has 0 spiro atoms. The van der Waals surface area contributed by atoms with Crippen molar-refractivity contribution in [1.29, 1.82) is 0 Å². The molecule has 0 bridgehead atoms. The summed E-state index contributed by atoms with van der Waals surface area (Å²) in [6, 6.07) is 0. The molecule has 0 aliphatic heterocycles. The normalized spacial score (nSPS) is 22.1. The molecule has 0 heterocycles. The van der Waals surface area contributed by atoms with Gasteiger partial charge < -0.3 is 0 Å². The first-order chi connectivity index (χ1) is 7.16. The fourth-order valence-corrected chi connectivity index (χ4v) is 2.34. The van der Waals surface area contributed by atoms with Crippen LogP contribution in [0, 0.1) is 16.0 Å². The smallest absolute Gasteiger partial charge is 0.282 e. The average molecular weight is 247 g/mol. The van der Waals surface area contributed by atoms with Gasteiger partial charge in [0.05, 0.1) is 4.92 Å². The summed E-state index contributed by atoms with van der Waals surface area (Å²) < 4.78 is 30.7. The van der Waals surface area contributed by atoms with Crippen molar-refractivity contribution in [3.05, 3.63) is 32.4 Å². The summed E-state index contributed by atoms with van der Waals surface area (Å²) >= 11 is 0. The summed E-state index contributed by atoms with van der Waals surface area (Å²) in [6.07, 6.45) is 1.06. The molecule has 1 aliphatic rings. The number of ketones is 1. The third-order valence-electron chi connectivity index (χ3n) is 2.34. The molecule has 0 saturated heterocycles. The Bertz CT molecular complexity index is 527. The molecule has 0 aromatic heterocycles. The number of hydrogen-bond donors (Lipinski definition) is 1. The van der Waals surface area contributed by atoms with Gasteiger partial charge in [0.25, 0.3) is 15.9 Å². The first kappa shape index (κ1) is 12.5. The molecule has 0 aromatic carbocycles. The van der Waals surface area contributed by atoms with Gasteiger partial charge in [0.2, 0.25) is 0 Å². The Balaban J connectivity index is 3.45. The van der Waals surface area contributed by atoms with Crippen molar-refractivity contribution in [2.75, 3.05) is 0 Å². The number of carbonyl (C=O) groups is 1. The van der Waals surface area contributed by atoms with Crippen LogP contribution < -0.4 is 0 Å². The van der Waals surface area contributed by atoms with Crippen LogP contribution in [-0.2, 0) is 14.9 Å². The van der Waals surface area contributed by atoms with Crippen LogP contribution in [0.4, 0.5) is 0 Å². The Hall–Kier alpha value is -1.54. The first-order valence-corrected chi connectivity index (χ1v) is 5.69. The highest BCUT2D eigenvalue weighted by atomic mass is 32.2. The van der Waals surface area contributed by atoms with Crippen LogP contribution in [0.15, 0.2) is 22.3 Å². The zero-order valence-corrected chi connectivity index (χ0v) is 9.32. The molecule has 1 unspecified atom stereocenters. The van der Waals surface area contributed by atoms with Crippen molar-refractivity contribution >= 4 is 15.9 Å². The van der Waals surface area contributed by atoms with Crippen molar-refractivity contribution in [3.8, 4) is 0 Å². The maximum atomic E-state index is 11.5. The van der Waals surface area contributed by atoms with E-state index in [-0.39, 0.29) is 5.57 Å². The van der Waals surface area contributed by atoms with E-state index in [0.29, 0.717) is 0 Å². The van der Waals surface area contributed by atoms with E-state index < -0.39 is 37.3 Å². The van der Waals surface area contributed by atoms with Gasteiger partial charge in [0, 0.05) is 12.0 Å². The highest BCUT2D eigenvalue weighted by Crippen LogP contribution is 2.29. The molecule has 7 nitrogen and oxygen atoms in total. The lowest BCUT2D eigenvalue weighted by atomic mass is 9.94. The molecule has 1 atom stereocenters. The van der Waals surface area contributed by atoms with Crippen molar-refractivity contribution in [2.24, 2.45) is 5.92 Å². The number of allylic oxidation sites excluding steroid dienone is 3. The van der Waals surface area contributed by atoms with E-state index in [1.807, 2.05) is 0 Å². The summed E-state index contributed by atoms with van der Waals surface area (Å²) in [4.78, 5) is 20.1. The summed E-state index contributed by atoms with van der Waals surface area (Å²) in [5, 5.41) is 10.5. The topological polar surface area (TPSA) is 115 Å². The SMILES string of the molecule is CC1=C(S(=O)(=O)O)C(=O)C([N+](=O)[O-])=CC1C. The van der Waals surface area contributed by atoms with Gasteiger partial charge >= 0.3 is 5.70 Å². The summed E-state index contributed by atoms with van der Waals surface area (Å²) in [5.41, 5.74) is -0.733. The predicted molar refractivity (Wildman–Crippen MR) is 53.5 cm³/mol. The van der Waals surface area contributed by atoms with Crippen molar-refractivity contribution < 1.29 is 22.7 Å². The van der Waals surface area contributed by atoms with E-state index in [0.717, 1.165) is 6.08 Å². The minimum absolute atomic E-state index is 0.0955. The maximum absolute atomic E-state index is 11.5. The van der Waals surface area contributed by atoms with Crippen LogP contribution in [0.25, 0.3) is 0 Å². The molecule has 1 N–H and O–H groups in total. The van der Waals surface area contributed by atoms with Gasteiger partial charge in [0.15, 0.2) is 0 Å². The third-order valence-corrected chi connectivity index (χ3v) is 3.37. The molecular weight excluding hydrogens is 238 g/mol. The first-order valence-electron chi connectivity index (χ1n) is 4.25. The summed E-state index contributed by atoms with van der Waals surface area (Å²) in [7, 11) is -4.74. The Kier molecular flexibility index (Phi) is 2.97. The summed E-state index contributed by atoms with van der Waals surface area (Å²) in [6.45, 7) is 2.83. The van der Waals surface area contributed by atoms with Gasteiger partial charge in [-0.05, 0) is 12.5 Å². The standard InChI is InChI=1S/C8H9NO6S/c1-4-3-6(9(11)12)7(10)8(5(4)2)16(13,14)15/h3-4H,1-2H3,(H,13,14,15). The fourth-order valence-electron chi connectivity index (χ4n) is 1.40. The molecule has 1 rings (SSSR count). The minimum atomic E-state index is -4.74. The maximum Gasteiger partial charge on any atom is 0.314 e. The van der Waals surface area contributed by atoms with E-state index >= 15 is 0 Å². The molecule has 0 fully saturated rings. The summed E-state index contributed by atoms with van der Waals surface area (Å²) in [5.74, 6) is -1.86. The molecule has 88 valence electrons. The van der Waals surface area contributed by atoms with E-state index in [2.05, 4.69) is 0 Å². The van der Waals surface area contributed by atoms with Crippen LogP contribution in [-0.4, -0.2) is 23.7 Å². The van der Waals surface area contributed by atoms with Crippen LogP contribution in [0.2, 0.25) is 0 Å². The molecule has 0 aromatic rings. The van der Waals surface area contributed by atoms with Crippen molar-refractivity contribution in [3.63, 3.8) is 0 Å². The Morgan fingerprint density at radius 1 is 1.50 bits per heavy atom. The van der Waals surface area contributed by atoms with Crippen LogP contribution in [0.1, 0.15) is 13.8 Å².